The molecule has 3 rings (SSSR count). The van der Waals surface area contributed by atoms with Crippen molar-refractivity contribution < 1.29 is 22.4 Å². The smallest absolute Gasteiger partial charge is 0.243 e. The van der Waals surface area contributed by atoms with Crippen molar-refractivity contribution in [2.45, 2.75) is 17.7 Å². The van der Waals surface area contributed by atoms with Crippen molar-refractivity contribution >= 4 is 33.2 Å². The topological polar surface area (TPSA) is 86.8 Å². The van der Waals surface area contributed by atoms with Crippen molar-refractivity contribution in [2.24, 2.45) is 0 Å². The Bertz CT molecular complexity index is 992. The first-order chi connectivity index (χ1) is 13.3. The molecule has 148 valence electrons. The SMILES string of the molecule is CN(CC(=O)Nc1cccc(F)c1)S(=O)(=O)c1ccc(N2CCCC2=O)cc1. The summed E-state index contributed by atoms with van der Waals surface area (Å²) in [6, 6.07) is 11.3. The number of carbonyl (C=O) groups excluding carboxylic acids is 2. The monoisotopic (exact) mass is 405 g/mol. The maximum Gasteiger partial charge on any atom is 0.243 e. The number of hydrogen-bond donors (Lipinski definition) is 1. The molecule has 2 aromatic rings. The van der Waals surface area contributed by atoms with Gasteiger partial charge in [-0.05, 0) is 48.9 Å². The minimum absolute atomic E-state index is 0.0155. The van der Waals surface area contributed by atoms with E-state index in [1.807, 2.05) is 0 Å². The third kappa shape index (κ3) is 4.37. The molecule has 2 aromatic carbocycles. The van der Waals surface area contributed by atoms with Crippen LogP contribution in [-0.4, -0.2) is 44.7 Å². The molecule has 1 heterocycles. The summed E-state index contributed by atoms with van der Waals surface area (Å²) in [5.74, 6) is -1.08. The maximum absolute atomic E-state index is 13.2. The van der Waals surface area contributed by atoms with Crippen molar-refractivity contribution in [1.82, 2.24) is 4.31 Å². The van der Waals surface area contributed by atoms with Gasteiger partial charge in [-0.3, -0.25) is 9.59 Å². The van der Waals surface area contributed by atoms with E-state index < -0.39 is 28.3 Å². The summed E-state index contributed by atoms with van der Waals surface area (Å²) in [6.45, 7) is 0.191. The fourth-order valence-electron chi connectivity index (χ4n) is 2.95. The highest BCUT2D eigenvalue weighted by Crippen LogP contribution is 2.24. The highest BCUT2D eigenvalue weighted by Gasteiger charge is 2.25. The van der Waals surface area contributed by atoms with E-state index in [-0.39, 0.29) is 16.5 Å². The van der Waals surface area contributed by atoms with Crippen LogP contribution in [0.25, 0.3) is 0 Å². The number of nitrogens with one attached hydrogen (secondary N) is 1. The Morgan fingerprint density at radius 1 is 1.21 bits per heavy atom. The summed E-state index contributed by atoms with van der Waals surface area (Å²) in [5, 5.41) is 2.46. The summed E-state index contributed by atoms with van der Waals surface area (Å²) in [7, 11) is -2.60. The van der Waals surface area contributed by atoms with Crippen LogP contribution < -0.4 is 10.2 Å². The zero-order chi connectivity index (χ0) is 20.3. The third-order valence-electron chi connectivity index (χ3n) is 4.40. The molecule has 1 N–H and O–H groups in total. The molecule has 1 aliphatic heterocycles. The Hall–Kier alpha value is -2.78. The quantitative estimate of drug-likeness (QED) is 0.798. The number of halogens is 1. The van der Waals surface area contributed by atoms with E-state index >= 15 is 0 Å². The number of benzene rings is 2. The van der Waals surface area contributed by atoms with Crippen LogP contribution in [0.1, 0.15) is 12.8 Å². The minimum Gasteiger partial charge on any atom is -0.325 e. The van der Waals surface area contributed by atoms with Crippen molar-refractivity contribution in [1.29, 1.82) is 0 Å². The molecule has 0 aromatic heterocycles. The van der Waals surface area contributed by atoms with Crippen molar-refractivity contribution in [3.8, 4) is 0 Å². The van der Waals surface area contributed by atoms with Gasteiger partial charge in [0, 0.05) is 31.4 Å². The lowest BCUT2D eigenvalue weighted by Crippen LogP contribution is -2.35. The number of amides is 2. The summed E-state index contributed by atoms with van der Waals surface area (Å²) in [4.78, 5) is 25.5. The average molecular weight is 405 g/mol. The number of carbonyl (C=O) groups is 2. The predicted molar refractivity (Wildman–Crippen MR) is 103 cm³/mol. The standard InChI is InChI=1S/C19H20FN3O4S/c1-22(13-18(24)21-15-5-2-4-14(20)12-15)28(26,27)17-9-7-16(8-10-17)23-11-3-6-19(23)25/h2,4-5,7-10,12H,3,6,11,13H2,1H3,(H,21,24). The summed E-state index contributed by atoms with van der Waals surface area (Å²) in [6.07, 6.45) is 1.27. The van der Waals surface area contributed by atoms with Gasteiger partial charge in [0.1, 0.15) is 5.82 Å². The molecule has 9 heteroatoms. The Morgan fingerprint density at radius 2 is 1.93 bits per heavy atom. The first-order valence-electron chi connectivity index (χ1n) is 8.69. The molecule has 0 spiro atoms. The number of hydrogen-bond acceptors (Lipinski definition) is 4. The number of sulfonamides is 1. The molecule has 28 heavy (non-hydrogen) atoms. The van der Waals surface area contributed by atoms with Crippen LogP contribution >= 0.6 is 0 Å². The number of nitrogens with zero attached hydrogens (tertiary/aromatic N) is 2. The molecule has 0 unspecified atom stereocenters. The van der Waals surface area contributed by atoms with Crippen LogP contribution in [0.3, 0.4) is 0 Å². The second-order valence-electron chi connectivity index (χ2n) is 6.46. The van der Waals surface area contributed by atoms with Gasteiger partial charge >= 0.3 is 0 Å². The van der Waals surface area contributed by atoms with Gasteiger partial charge in [0.2, 0.25) is 21.8 Å². The number of rotatable bonds is 6. The first-order valence-corrected chi connectivity index (χ1v) is 10.1. The Labute approximate surface area is 162 Å². The zero-order valence-electron chi connectivity index (χ0n) is 15.3. The lowest BCUT2D eigenvalue weighted by Gasteiger charge is -2.19. The Morgan fingerprint density at radius 3 is 2.54 bits per heavy atom. The van der Waals surface area contributed by atoms with Crippen LogP contribution in [0.5, 0.6) is 0 Å². The van der Waals surface area contributed by atoms with E-state index in [1.165, 1.54) is 37.4 Å². The van der Waals surface area contributed by atoms with Gasteiger partial charge in [0.05, 0.1) is 11.4 Å². The lowest BCUT2D eigenvalue weighted by atomic mass is 10.3. The molecular formula is C19H20FN3O4S. The maximum atomic E-state index is 13.2. The van der Waals surface area contributed by atoms with E-state index in [2.05, 4.69) is 5.32 Å². The largest absolute Gasteiger partial charge is 0.325 e. The van der Waals surface area contributed by atoms with E-state index in [1.54, 1.807) is 17.0 Å². The van der Waals surface area contributed by atoms with Gasteiger partial charge in [-0.2, -0.15) is 4.31 Å². The fraction of sp³-hybridized carbons (Fsp3) is 0.263. The van der Waals surface area contributed by atoms with Gasteiger partial charge in [0.25, 0.3) is 0 Å². The Kier molecular flexibility index (Phi) is 5.76. The summed E-state index contributed by atoms with van der Waals surface area (Å²) < 4.78 is 39.4. The number of anilines is 2. The van der Waals surface area contributed by atoms with Crippen LogP contribution in [0.4, 0.5) is 15.8 Å². The van der Waals surface area contributed by atoms with Gasteiger partial charge in [0.15, 0.2) is 0 Å². The second-order valence-corrected chi connectivity index (χ2v) is 8.51. The van der Waals surface area contributed by atoms with Crippen LogP contribution in [0.2, 0.25) is 0 Å². The third-order valence-corrected chi connectivity index (χ3v) is 6.22. The van der Waals surface area contributed by atoms with E-state index in [4.69, 9.17) is 0 Å². The van der Waals surface area contributed by atoms with Crippen molar-refractivity contribution in [3.05, 3.63) is 54.3 Å². The van der Waals surface area contributed by atoms with Gasteiger partial charge < -0.3 is 10.2 Å². The zero-order valence-corrected chi connectivity index (χ0v) is 16.1. The summed E-state index contributed by atoms with van der Waals surface area (Å²) in [5.41, 5.74) is 0.892. The van der Waals surface area contributed by atoms with Gasteiger partial charge in [-0.25, -0.2) is 12.8 Å². The molecule has 1 saturated heterocycles. The Balaban J connectivity index is 1.67. The lowest BCUT2D eigenvalue weighted by molar-refractivity contribution is -0.117. The molecule has 0 bridgehead atoms. The molecule has 2 amide bonds. The van der Waals surface area contributed by atoms with Crippen LogP contribution in [-0.2, 0) is 19.6 Å². The van der Waals surface area contributed by atoms with Crippen LogP contribution in [0, 0.1) is 5.82 Å². The molecule has 1 aliphatic rings. The average Bonchev–Trinajstić information content (AvgIpc) is 3.07. The molecule has 0 aliphatic carbocycles. The van der Waals surface area contributed by atoms with Crippen molar-refractivity contribution in [3.63, 3.8) is 0 Å². The number of likely N-dealkylation sites (N-methyl/N-ethyl adjacent to an activating group) is 1. The van der Waals surface area contributed by atoms with Crippen LogP contribution in [0.15, 0.2) is 53.4 Å². The molecule has 1 fully saturated rings. The molecule has 0 atom stereocenters. The van der Waals surface area contributed by atoms with Gasteiger partial charge in [-0.1, -0.05) is 6.07 Å². The molecule has 0 radical (unpaired) electrons. The minimum atomic E-state index is -3.89. The molecular weight excluding hydrogens is 385 g/mol. The fourth-order valence-corrected chi connectivity index (χ4v) is 4.08. The molecule has 7 nitrogen and oxygen atoms in total. The first kappa shape index (κ1) is 20.0. The predicted octanol–water partition coefficient (Wildman–Crippen LogP) is 2.21. The normalized spacial score (nSPS) is 14.5. The van der Waals surface area contributed by atoms with E-state index in [0.717, 1.165) is 16.8 Å². The van der Waals surface area contributed by atoms with Crippen molar-refractivity contribution in [2.75, 3.05) is 30.4 Å². The van der Waals surface area contributed by atoms with Gasteiger partial charge in [-0.15, -0.1) is 0 Å². The highest BCUT2D eigenvalue weighted by atomic mass is 32.2. The second kappa shape index (κ2) is 8.07. The highest BCUT2D eigenvalue weighted by molar-refractivity contribution is 7.89. The molecule has 0 saturated carbocycles. The van der Waals surface area contributed by atoms with E-state index in [0.29, 0.717) is 18.7 Å². The van der Waals surface area contributed by atoms with E-state index in [9.17, 15) is 22.4 Å². The summed E-state index contributed by atoms with van der Waals surface area (Å²) >= 11 is 0.